The normalized spacial score (nSPS) is 15.1. The maximum Gasteiger partial charge on any atom is 0.146 e. The van der Waals surface area contributed by atoms with Crippen LogP contribution in [0, 0.1) is 12.8 Å². The number of hydrogen-bond acceptors (Lipinski definition) is 3. The molecule has 1 N–H and O–H groups in total. The number of nitrogens with zero attached hydrogens (tertiary/aromatic N) is 3. The van der Waals surface area contributed by atoms with Gasteiger partial charge in [-0.15, -0.1) is 10.2 Å². The molecule has 0 saturated carbocycles. The van der Waals surface area contributed by atoms with Gasteiger partial charge in [0, 0.05) is 13.1 Å². The van der Waals surface area contributed by atoms with E-state index in [0.29, 0.717) is 6.04 Å². The van der Waals surface area contributed by atoms with Crippen LogP contribution in [-0.4, -0.2) is 20.8 Å². The molecular weight excluding hydrogens is 200 g/mol. The predicted octanol–water partition coefficient (Wildman–Crippen LogP) is 2.04. The van der Waals surface area contributed by atoms with Crippen molar-refractivity contribution < 1.29 is 0 Å². The number of hydrogen-bond donors (Lipinski definition) is 1. The van der Waals surface area contributed by atoms with E-state index in [1.165, 1.54) is 12.8 Å². The number of rotatable bonds is 6. The van der Waals surface area contributed by atoms with Crippen LogP contribution in [-0.2, 0) is 13.6 Å². The number of aryl methyl sites for hydroxylation is 1. The maximum atomic E-state index is 4.14. The van der Waals surface area contributed by atoms with Crippen LogP contribution in [0.15, 0.2) is 0 Å². The molecule has 0 aliphatic carbocycles. The molecule has 0 saturated heterocycles. The summed E-state index contributed by atoms with van der Waals surface area (Å²) in [7, 11) is 2.01. The van der Waals surface area contributed by atoms with Gasteiger partial charge in [-0.2, -0.15) is 0 Å². The molecule has 16 heavy (non-hydrogen) atoms. The van der Waals surface area contributed by atoms with Crippen molar-refractivity contribution in [2.75, 3.05) is 0 Å². The molecule has 0 aliphatic rings. The second-order valence-electron chi connectivity index (χ2n) is 4.75. The Hall–Kier alpha value is -0.900. The van der Waals surface area contributed by atoms with Crippen molar-refractivity contribution >= 4 is 0 Å². The van der Waals surface area contributed by atoms with Gasteiger partial charge in [-0.25, -0.2) is 0 Å². The molecular formula is C12H24N4. The fourth-order valence-electron chi connectivity index (χ4n) is 1.72. The van der Waals surface area contributed by atoms with Gasteiger partial charge < -0.3 is 9.88 Å². The zero-order valence-corrected chi connectivity index (χ0v) is 11.1. The summed E-state index contributed by atoms with van der Waals surface area (Å²) in [5.74, 6) is 2.75. The van der Waals surface area contributed by atoms with Crippen LogP contribution < -0.4 is 5.32 Å². The van der Waals surface area contributed by atoms with Gasteiger partial charge in [0.15, 0.2) is 0 Å². The van der Waals surface area contributed by atoms with Gasteiger partial charge in [0.25, 0.3) is 0 Å². The summed E-state index contributed by atoms with van der Waals surface area (Å²) < 4.78 is 2.03. The Balaban J connectivity index is 2.37. The highest BCUT2D eigenvalue weighted by atomic mass is 15.3. The molecule has 0 bridgehead atoms. The zero-order valence-electron chi connectivity index (χ0n) is 11.1. The van der Waals surface area contributed by atoms with E-state index in [-0.39, 0.29) is 0 Å². The Morgan fingerprint density at radius 3 is 2.50 bits per heavy atom. The SMILES string of the molecule is CCC(C)CC(C)NCc1nnc(C)n1C. The molecule has 1 aromatic rings. The van der Waals surface area contributed by atoms with E-state index in [4.69, 9.17) is 0 Å². The Morgan fingerprint density at radius 1 is 1.31 bits per heavy atom. The Bertz CT molecular complexity index is 319. The highest BCUT2D eigenvalue weighted by molar-refractivity contribution is 4.92. The molecule has 1 rings (SSSR count). The van der Waals surface area contributed by atoms with Gasteiger partial charge in [-0.05, 0) is 26.2 Å². The van der Waals surface area contributed by atoms with Gasteiger partial charge in [0.2, 0.25) is 0 Å². The summed E-state index contributed by atoms with van der Waals surface area (Å²) in [6.45, 7) is 9.54. The van der Waals surface area contributed by atoms with Crippen molar-refractivity contribution in [3.05, 3.63) is 11.6 Å². The van der Waals surface area contributed by atoms with E-state index in [1.807, 2.05) is 18.5 Å². The molecule has 1 aromatic heterocycles. The minimum atomic E-state index is 0.534. The van der Waals surface area contributed by atoms with Crippen molar-refractivity contribution in [2.45, 2.75) is 53.1 Å². The lowest BCUT2D eigenvalue weighted by Crippen LogP contribution is -2.28. The largest absolute Gasteiger partial charge is 0.317 e. The van der Waals surface area contributed by atoms with Gasteiger partial charge >= 0.3 is 0 Å². The average Bonchev–Trinajstić information content (AvgIpc) is 2.57. The van der Waals surface area contributed by atoms with E-state index in [1.54, 1.807) is 0 Å². The first-order chi connectivity index (χ1) is 7.54. The van der Waals surface area contributed by atoms with Crippen LogP contribution in [0.1, 0.15) is 45.3 Å². The highest BCUT2D eigenvalue weighted by Crippen LogP contribution is 2.09. The minimum absolute atomic E-state index is 0.534. The van der Waals surface area contributed by atoms with Crippen LogP contribution in [0.2, 0.25) is 0 Å². The summed E-state index contributed by atoms with van der Waals surface area (Å²) in [6.07, 6.45) is 2.46. The third-order valence-corrected chi connectivity index (χ3v) is 3.24. The first kappa shape index (κ1) is 13.2. The molecule has 0 amide bonds. The van der Waals surface area contributed by atoms with Crippen LogP contribution in [0.25, 0.3) is 0 Å². The van der Waals surface area contributed by atoms with E-state index < -0.39 is 0 Å². The van der Waals surface area contributed by atoms with Crippen LogP contribution in [0.5, 0.6) is 0 Å². The monoisotopic (exact) mass is 224 g/mol. The lowest BCUT2D eigenvalue weighted by atomic mass is 10.0. The first-order valence-corrected chi connectivity index (χ1v) is 6.12. The van der Waals surface area contributed by atoms with E-state index in [2.05, 4.69) is 36.3 Å². The summed E-state index contributed by atoms with van der Waals surface area (Å²) in [5, 5.41) is 11.7. The van der Waals surface area contributed by atoms with Crippen molar-refractivity contribution in [1.82, 2.24) is 20.1 Å². The molecule has 4 heteroatoms. The predicted molar refractivity (Wildman–Crippen MR) is 66.1 cm³/mol. The molecule has 0 fully saturated rings. The van der Waals surface area contributed by atoms with E-state index in [9.17, 15) is 0 Å². The topological polar surface area (TPSA) is 42.7 Å². The second-order valence-corrected chi connectivity index (χ2v) is 4.75. The van der Waals surface area contributed by atoms with Crippen molar-refractivity contribution in [3.63, 3.8) is 0 Å². The molecule has 2 unspecified atom stereocenters. The molecule has 2 atom stereocenters. The maximum absolute atomic E-state index is 4.14. The van der Waals surface area contributed by atoms with Crippen LogP contribution in [0.4, 0.5) is 0 Å². The van der Waals surface area contributed by atoms with Gasteiger partial charge in [0.1, 0.15) is 11.6 Å². The summed E-state index contributed by atoms with van der Waals surface area (Å²) in [6, 6.07) is 0.534. The first-order valence-electron chi connectivity index (χ1n) is 6.12. The molecule has 0 radical (unpaired) electrons. The van der Waals surface area contributed by atoms with Gasteiger partial charge in [-0.1, -0.05) is 20.3 Å². The van der Waals surface area contributed by atoms with Crippen molar-refractivity contribution in [3.8, 4) is 0 Å². The third-order valence-electron chi connectivity index (χ3n) is 3.24. The summed E-state index contributed by atoms with van der Waals surface area (Å²) >= 11 is 0. The minimum Gasteiger partial charge on any atom is -0.317 e. The van der Waals surface area contributed by atoms with Crippen molar-refractivity contribution in [2.24, 2.45) is 13.0 Å². The van der Waals surface area contributed by atoms with Gasteiger partial charge in [0.05, 0.1) is 6.54 Å². The molecule has 92 valence electrons. The third kappa shape index (κ3) is 3.59. The quantitative estimate of drug-likeness (QED) is 0.804. The van der Waals surface area contributed by atoms with E-state index >= 15 is 0 Å². The van der Waals surface area contributed by atoms with Crippen LogP contribution >= 0.6 is 0 Å². The Kier molecular flexibility index (Phi) is 4.93. The average molecular weight is 224 g/mol. The molecule has 4 nitrogen and oxygen atoms in total. The van der Waals surface area contributed by atoms with Crippen LogP contribution in [0.3, 0.4) is 0 Å². The molecule has 0 aliphatic heterocycles. The molecule has 0 spiro atoms. The lowest BCUT2D eigenvalue weighted by Gasteiger charge is -2.17. The fourth-order valence-corrected chi connectivity index (χ4v) is 1.72. The zero-order chi connectivity index (χ0) is 12.1. The second kappa shape index (κ2) is 5.99. The summed E-state index contributed by atoms with van der Waals surface area (Å²) in [5.41, 5.74) is 0. The molecule has 1 heterocycles. The highest BCUT2D eigenvalue weighted by Gasteiger charge is 2.09. The van der Waals surface area contributed by atoms with Gasteiger partial charge in [-0.3, -0.25) is 0 Å². The fraction of sp³-hybridized carbons (Fsp3) is 0.833. The van der Waals surface area contributed by atoms with Crippen molar-refractivity contribution in [1.29, 1.82) is 0 Å². The Morgan fingerprint density at radius 2 is 2.00 bits per heavy atom. The Labute approximate surface area is 98.5 Å². The summed E-state index contributed by atoms with van der Waals surface area (Å²) in [4.78, 5) is 0. The smallest absolute Gasteiger partial charge is 0.146 e. The number of nitrogens with one attached hydrogen (secondary N) is 1. The van der Waals surface area contributed by atoms with E-state index in [0.717, 1.165) is 24.1 Å². The molecule has 0 aromatic carbocycles. The lowest BCUT2D eigenvalue weighted by molar-refractivity contribution is 0.406. The standard InChI is InChI=1S/C12H24N4/c1-6-9(2)7-10(3)13-8-12-15-14-11(4)16(12)5/h9-10,13H,6-8H2,1-5H3. The number of aromatic nitrogens is 3.